The third-order valence-corrected chi connectivity index (χ3v) is 32.5. The van der Waals surface area contributed by atoms with E-state index in [0.717, 1.165) is 129 Å². The molecule has 37 heteroatoms. The molecular weight excluding hydrogens is 1970 g/mol. The van der Waals surface area contributed by atoms with Gasteiger partial charge in [-0.15, -0.1) is 92.7 Å². The summed E-state index contributed by atoms with van der Waals surface area (Å²) in [6.45, 7) is 24.3. The zero-order chi connectivity index (χ0) is 108. The van der Waals surface area contributed by atoms with Gasteiger partial charge in [0.05, 0.1) is 80.9 Å². The van der Waals surface area contributed by atoms with Crippen molar-refractivity contribution in [2.24, 2.45) is 83.2 Å². The van der Waals surface area contributed by atoms with Gasteiger partial charge in [0.15, 0.2) is 35.8 Å². The van der Waals surface area contributed by atoms with Crippen LogP contribution in [0.25, 0.3) is 65.1 Å². The predicted molar refractivity (Wildman–Crippen MR) is 596 cm³/mol. The lowest BCUT2D eigenvalue weighted by Crippen LogP contribution is -2.52. The first-order chi connectivity index (χ1) is 70.7. The van der Waals surface area contributed by atoms with Crippen LogP contribution >= 0.6 is 56.7 Å². The number of amides is 6. The molecule has 0 saturated heterocycles. The number of aromatic nitrogens is 6. The van der Waals surface area contributed by atoms with Crippen molar-refractivity contribution in [2.75, 3.05) is 48.0 Å². The number of nitriles is 1. The molecule has 0 spiro atoms. The van der Waals surface area contributed by atoms with E-state index in [2.05, 4.69) is 126 Å². The maximum absolute atomic E-state index is 12.5. The predicted octanol–water partition coefficient (Wildman–Crippen LogP) is 14.9. The van der Waals surface area contributed by atoms with Gasteiger partial charge in [0.25, 0.3) is 0 Å². The molecule has 758 valence electrons. The lowest BCUT2D eigenvalue weighted by molar-refractivity contribution is -0.134. The van der Waals surface area contributed by atoms with Gasteiger partial charge in [0.2, 0.25) is 35.4 Å². The van der Waals surface area contributed by atoms with Gasteiger partial charge in [-0.25, -0.2) is 39.9 Å². The summed E-state index contributed by atoms with van der Waals surface area (Å²) in [6.07, 6.45) is 17.0. The molecule has 4 aromatic carbocycles. The third-order valence-electron chi connectivity index (χ3n) is 26.1. The van der Waals surface area contributed by atoms with Crippen LogP contribution in [-0.4, -0.2) is 173 Å². The average molecular weight is 2080 g/mol. The SMILES string of the molecule is C#Cc1cncc(-c2csc([C@]3(C)CC(=O)N(C)C(N)=N3)c2)c1.CC#Cc1cc(C#N)cc(-c2csc([C@]3(C)CC(=O)N(C)C(N)=N3)c2)c1.CC#Cc1cccc(-c2cc([C@]3(C)CC(=O)N(C)C(N)=N3)nn2C)c1.CC#Cc1cccc(-c2ncc([C@@]3(C)N=C(N)N(C)C(=O)C3C)s2)c1.CC#Cc1cccc(-c2ncc([C@@]3(C)N=C(N)N(C)C(=O)[C@@H]3C)s2)c1.CC#Cc1cncc(-c2sc([C@]3(C)CC(=O)N(C)C(N)=N3)cc2N)c1. The fourth-order valence-electron chi connectivity index (χ4n) is 16.7. The molecule has 6 aliphatic rings. The Bertz CT molecular complexity index is 7640. The summed E-state index contributed by atoms with van der Waals surface area (Å²) in [4.78, 5) is 132. The van der Waals surface area contributed by atoms with E-state index in [-0.39, 0.29) is 102 Å². The van der Waals surface area contributed by atoms with Crippen molar-refractivity contribution in [3.05, 3.63) is 244 Å². The second kappa shape index (κ2) is 45.4. The van der Waals surface area contributed by atoms with Gasteiger partial charge in [0, 0.05) is 162 Å². The average Bonchev–Trinajstić information content (AvgIpc) is 1.70. The fourth-order valence-corrected chi connectivity index (χ4v) is 22.1. The molecule has 12 aromatic rings. The van der Waals surface area contributed by atoms with Crippen molar-refractivity contribution in [1.29, 1.82) is 5.26 Å². The summed E-state index contributed by atoms with van der Waals surface area (Å²) >= 11 is 7.66. The Morgan fingerprint density at radius 1 is 0.362 bits per heavy atom. The number of hydrogen-bond donors (Lipinski definition) is 7. The molecule has 18 rings (SSSR count). The molecule has 14 N–H and O–H groups in total. The number of terminal acetylenes is 1. The van der Waals surface area contributed by atoms with E-state index >= 15 is 0 Å². The van der Waals surface area contributed by atoms with Crippen LogP contribution in [0.3, 0.4) is 0 Å². The standard InChI is InChI=1S/C20H18N4OS.C19H21N5O.2C19H20N4OS.C18H19N5OS.C17H16N4OS/c1-4-5-13-6-14(11-21)8-15(7-13)16-9-17(26-12-16)20(2)10-18(25)24(3)19(22)23-20;1-5-7-13-8-6-9-14(10-13)15-11-16(22-24(15)4)19(2)12-17(25)23(3)18(20)21-19;2*1-5-7-13-8-6-9-14(10-13)16-21-11-15(25-16)19(3)12(2)17(24)23(4)18(20)22-19;1-4-5-11-6-12(10-21-9-11)16-13(19)7-14(25-16)18(2)8-15(24)23(3)17(20)22-18;1-4-11-5-12(9-19-8-11)13-6-14(23-10-13)17(2)7-15(22)21(3)16(18)20-17/h6-9,12H,10H2,1-3H3,(H2,22,23);6,8-11H,12H2,1-4H3,(H2,20,21);2*6,8-12H,1-4H3,(H2,20,22);6-7,9-10H,8,19H2,1-3H3,(H2,20,22);1,5-6,8-10H,7H2,2-3H3,(H2,18,20)/t20-;19-;12?,19-;12-,19-;18-;17-/m000000/s1. The topological polar surface area (TPSA) is 471 Å². The van der Waals surface area contributed by atoms with Crippen molar-refractivity contribution >= 4 is 134 Å². The van der Waals surface area contributed by atoms with Crippen LogP contribution in [0.15, 0.2) is 205 Å². The van der Waals surface area contributed by atoms with Crippen LogP contribution in [0.2, 0.25) is 0 Å². The highest BCUT2D eigenvalue weighted by atomic mass is 32.1. The largest absolute Gasteiger partial charge is 0.398 e. The maximum atomic E-state index is 12.5. The van der Waals surface area contributed by atoms with E-state index in [1.54, 1.807) is 115 Å². The molecule has 14 heterocycles. The van der Waals surface area contributed by atoms with Gasteiger partial charge in [-0.05, 0) is 195 Å². The first-order valence-corrected chi connectivity index (χ1v) is 51.1. The van der Waals surface area contributed by atoms with E-state index in [0.29, 0.717) is 17.7 Å². The van der Waals surface area contributed by atoms with Crippen LogP contribution in [-0.2, 0) is 69.0 Å². The summed E-state index contributed by atoms with van der Waals surface area (Å²) in [5.41, 5.74) is 53.3. The molecule has 0 aliphatic carbocycles. The Kier molecular flexibility index (Phi) is 33.3. The van der Waals surface area contributed by atoms with Gasteiger partial charge in [-0.2, -0.15) is 10.4 Å². The van der Waals surface area contributed by atoms with E-state index in [1.807, 2.05) is 215 Å². The number of nitrogens with zero attached hydrogens (tertiary/aromatic N) is 19. The molecule has 0 saturated carbocycles. The van der Waals surface area contributed by atoms with Gasteiger partial charge in [0.1, 0.15) is 43.2 Å². The third kappa shape index (κ3) is 23.9. The minimum atomic E-state index is -0.759. The lowest BCUT2D eigenvalue weighted by Gasteiger charge is -2.37. The lowest BCUT2D eigenvalue weighted by atomic mass is 9.84. The Morgan fingerprint density at radius 3 is 1.16 bits per heavy atom. The monoisotopic (exact) mass is 2080 g/mol. The van der Waals surface area contributed by atoms with E-state index < -0.39 is 33.2 Å². The van der Waals surface area contributed by atoms with Crippen LogP contribution in [0.5, 0.6) is 0 Å². The van der Waals surface area contributed by atoms with E-state index in [9.17, 15) is 34.0 Å². The molecule has 149 heavy (non-hydrogen) atoms. The molecule has 8 atom stereocenters. The number of anilines is 1. The number of thiophene rings is 3. The maximum Gasteiger partial charge on any atom is 0.234 e. The van der Waals surface area contributed by atoms with Crippen LogP contribution in [0.1, 0.15) is 185 Å². The van der Waals surface area contributed by atoms with Gasteiger partial charge in [-0.1, -0.05) is 85.8 Å². The number of aryl methyl sites for hydroxylation is 1. The second-order valence-electron chi connectivity index (χ2n) is 37.0. The van der Waals surface area contributed by atoms with Crippen molar-refractivity contribution in [1.82, 2.24) is 59.1 Å². The Morgan fingerprint density at radius 2 is 0.725 bits per heavy atom. The van der Waals surface area contributed by atoms with Crippen molar-refractivity contribution in [3.63, 3.8) is 0 Å². The Labute approximate surface area is 887 Å². The normalized spacial score (nSPS) is 21.1. The zero-order valence-corrected chi connectivity index (χ0v) is 90.4. The second-order valence-corrected chi connectivity index (χ2v) is 41.9. The van der Waals surface area contributed by atoms with Gasteiger partial charge >= 0.3 is 0 Å². The molecule has 6 aliphatic heterocycles. The first kappa shape index (κ1) is 109. The quantitative estimate of drug-likeness (QED) is 0.0559. The Hall–Kier alpha value is -17.0. The highest BCUT2D eigenvalue weighted by Crippen LogP contribution is 2.48. The summed E-state index contributed by atoms with van der Waals surface area (Å²) in [5.74, 6) is 32.7. The number of rotatable bonds is 12. The van der Waals surface area contributed by atoms with Crippen LogP contribution in [0, 0.1) is 94.7 Å². The number of carbonyl (C=O) groups is 6. The molecule has 1 unspecified atom stereocenters. The summed E-state index contributed by atoms with van der Waals surface area (Å²) in [5, 5.41) is 19.6. The molecule has 6 amide bonds. The summed E-state index contributed by atoms with van der Waals surface area (Å²) in [6, 6.07) is 43.4. The molecular formula is C112H114N26O6S5. The zero-order valence-electron chi connectivity index (χ0n) is 86.3. The number of hydrogen-bond acceptors (Lipinski definition) is 30. The minimum absolute atomic E-state index is 0.0362. The van der Waals surface area contributed by atoms with E-state index in [1.165, 1.54) is 74.7 Å². The van der Waals surface area contributed by atoms with Crippen LogP contribution in [0.4, 0.5) is 5.69 Å². The number of pyridine rings is 2. The number of nitrogens with two attached hydrogens (primary N) is 7. The fraction of sp³-hybridized carbons (Fsp3) is 0.286. The highest BCUT2D eigenvalue weighted by molar-refractivity contribution is 7.16. The molecule has 8 aromatic heterocycles. The van der Waals surface area contributed by atoms with Gasteiger partial charge < -0.3 is 40.1 Å². The molecule has 0 radical (unpaired) electrons. The van der Waals surface area contributed by atoms with Gasteiger partial charge in [-0.3, -0.25) is 72.8 Å². The number of guanidine groups is 6. The smallest absolute Gasteiger partial charge is 0.234 e. The number of carbonyl (C=O) groups excluding carboxylic acids is 6. The van der Waals surface area contributed by atoms with Crippen molar-refractivity contribution in [3.8, 4) is 143 Å². The van der Waals surface area contributed by atoms with Crippen molar-refractivity contribution < 1.29 is 28.8 Å². The summed E-state index contributed by atoms with van der Waals surface area (Å²) < 4.78 is 1.80. The number of benzene rings is 4. The van der Waals surface area contributed by atoms with Crippen LogP contribution < -0.4 is 40.1 Å². The van der Waals surface area contributed by atoms with Crippen molar-refractivity contribution in [2.45, 2.75) is 149 Å². The minimum Gasteiger partial charge on any atom is -0.398 e. The molecule has 0 bridgehead atoms. The number of nitrogen functional groups attached to an aromatic ring is 1. The molecule has 32 nitrogen and oxygen atoms in total. The van der Waals surface area contributed by atoms with E-state index in [4.69, 9.17) is 46.6 Å². The number of thiazole rings is 2. The number of aliphatic imine (C=N–C) groups is 6. The Balaban J connectivity index is 0.000000149. The highest BCUT2D eigenvalue weighted by Gasteiger charge is 2.48. The summed E-state index contributed by atoms with van der Waals surface area (Å²) in [7, 11) is 11.7. The first-order valence-electron chi connectivity index (χ1n) is 46.9. The molecule has 0 fully saturated rings.